The van der Waals surface area contributed by atoms with Crippen molar-refractivity contribution in [2.24, 2.45) is 0 Å². The standard InChI is InChI=1S/C20H16ClNO3/c21-15-10-12-16(13-11-15)24-14-20(23)22-18-8-4-5-9-19(18)25-17-6-2-1-3-7-17/h1-13H,14H2,(H,22,23). The number of carbonyl (C=O) groups excluding carboxylic acids is 1. The van der Waals surface area contributed by atoms with Gasteiger partial charge in [0.25, 0.3) is 5.91 Å². The molecule has 0 saturated heterocycles. The smallest absolute Gasteiger partial charge is 0.262 e. The van der Waals surface area contributed by atoms with Crippen molar-refractivity contribution in [1.82, 2.24) is 0 Å². The van der Waals surface area contributed by atoms with Gasteiger partial charge in [-0.15, -0.1) is 0 Å². The minimum Gasteiger partial charge on any atom is -0.484 e. The Balaban J connectivity index is 1.62. The number of carbonyl (C=O) groups is 1. The highest BCUT2D eigenvalue weighted by molar-refractivity contribution is 6.30. The Kier molecular flexibility index (Phi) is 5.54. The Morgan fingerprint density at radius 2 is 1.52 bits per heavy atom. The molecule has 0 aliphatic carbocycles. The lowest BCUT2D eigenvalue weighted by Crippen LogP contribution is -2.20. The average molecular weight is 354 g/mol. The molecule has 0 spiro atoms. The quantitative estimate of drug-likeness (QED) is 0.666. The SMILES string of the molecule is O=C(COc1ccc(Cl)cc1)Nc1ccccc1Oc1ccccc1. The molecule has 0 fully saturated rings. The Morgan fingerprint density at radius 3 is 2.28 bits per heavy atom. The predicted molar refractivity (Wildman–Crippen MR) is 98.5 cm³/mol. The lowest BCUT2D eigenvalue weighted by Gasteiger charge is -2.12. The fourth-order valence-corrected chi connectivity index (χ4v) is 2.27. The number of hydrogen-bond acceptors (Lipinski definition) is 3. The molecule has 0 saturated carbocycles. The largest absolute Gasteiger partial charge is 0.484 e. The van der Waals surface area contributed by atoms with E-state index in [4.69, 9.17) is 21.1 Å². The number of benzene rings is 3. The van der Waals surface area contributed by atoms with Crippen molar-refractivity contribution in [2.75, 3.05) is 11.9 Å². The summed E-state index contributed by atoms with van der Waals surface area (Å²) < 4.78 is 11.3. The van der Waals surface area contributed by atoms with Crippen molar-refractivity contribution in [3.05, 3.63) is 83.9 Å². The van der Waals surface area contributed by atoms with E-state index in [0.717, 1.165) is 0 Å². The van der Waals surface area contributed by atoms with E-state index in [1.165, 1.54) is 0 Å². The predicted octanol–water partition coefficient (Wildman–Crippen LogP) is 5.15. The van der Waals surface area contributed by atoms with E-state index < -0.39 is 0 Å². The Morgan fingerprint density at radius 1 is 0.840 bits per heavy atom. The maximum atomic E-state index is 12.1. The number of ether oxygens (including phenoxy) is 2. The molecule has 0 unspecified atom stereocenters. The zero-order chi connectivity index (χ0) is 17.5. The van der Waals surface area contributed by atoms with E-state index in [1.54, 1.807) is 36.4 Å². The second-order valence-corrected chi connectivity index (χ2v) is 5.64. The van der Waals surface area contributed by atoms with Crippen LogP contribution in [-0.4, -0.2) is 12.5 Å². The van der Waals surface area contributed by atoms with Crippen LogP contribution in [0.4, 0.5) is 5.69 Å². The monoisotopic (exact) mass is 353 g/mol. The van der Waals surface area contributed by atoms with Gasteiger partial charge in [0.05, 0.1) is 5.69 Å². The highest BCUT2D eigenvalue weighted by Crippen LogP contribution is 2.29. The summed E-state index contributed by atoms with van der Waals surface area (Å²) in [5.74, 6) is 1.56. The fraction of sp³-hybridized carbons (Fsp3) is 0.0500. The zero-order valence-corrected chi connectivity index (χ0v) is 14.1. The van der Waals surface area contributed by atoms with Gasteiger partial charge in [0, 0.05) is 5.02 Å². The maximum Gasteiger partial charge on any atom is 0.262 e. The van der Waals surface area contributed by atoms with Gasteiger partial charge in [0.2, 0.25) is 0 Å². The van der Waals surface area contributed by atoms with Crippen LogP contribution in [0.5, 0.6) is 17.2 Å². The first-order chi connectivity index (χ1) is 12.2. The summed E-state index contributed by atoms with van der Waals surface area (Å²) >= 11 is 5.82. The topological polar surface area (TPSA) is 47.6 Å². The third kappa shape index (κ3) is 4.99. The molecule has 4 nitrogen and oxygen atoms in total. The molecule has 0 radical (unpaired) electrons. The van der Waals surface area contributed by atoms with Crippen molar-refractivity contribution < 1.29 is 14.3 Å². The van der Waals surface area contributed by atoms with Gasteiger partial charge in [0.1, 0.15) is 11.5 Å². The summed E-state index contributed by atoms with van der Waals surface area (Å²) in [7, 11) is 0. The molecule has 0 bridgehead atoms. The second-order valence-electron chi connectivity index (χ2n) is 5.20. The third-order valence-corrected chi connectivity index (χ3v) is 3.57. The molecule has 0 heterocycles. The first-order valence-corrected chi connectivity index (χ1v) is 8.09. The summed E-state index contributed by atoms with van der Waals surface area (Å²) in [6, 6.07) is 23.5. The Bertz CT molecular complexity index is 835. The zero-order valence-electron chi connectivity index (χ0n) is 13.3. The average Bonchev–Trinajstić information content (AvgIpc) is 2.64. The summed E-state index contributed by atoms with van der Waals surface area (Å²) in [5, 5.41) is 3.41. The molecule has 3 aromatic carbocycles. The summed E-state index contributed by atoms with van der Waals surface area (Å²) in [5.41, 5.74) is 0.580. The lowest BCUT2D eigenvalue weighted by molar-refractivity contribution is -0.118. The van der Waals surface area contributed by atoms with Crippen molar-refractivity contribution in [3.8, 4) is 17.2 Å². The minimum atomic E-state index is -0.279. The normalized spacial score (nSPS) is 10.1. The van der Waals surface area contributed by atoms with Gasteiger partial charge in [-0.3, -0.25) is 4.79 Å². The lowest BCUT2D eigenvalue weighted by atomic mass is 10.3. The molecule has 3 rings (SSSR count). The number of rotatable bonds is 6. The molecule has 1 amide bonds. The van der Waals surface area contributed by atoms with Gasteiger partial charge in [-0.1, -0.05) is 41.9 Å². The molecule has 25 heavy (non-hydrogen) atoms. The van der Waals surface area contributed by atoms with Crippen LogP contribution in [0.25, 0.3) is 0 Å². The van der Waals surface area contributed by atoms with Gasteiger partial charge in [-0.05, 0) is 48.5 Å². The van der Waals surface area contributed by atoms with Crippen LogP contribution in [-0.2, 0) is 4.79 Å². The molecular weight excluding hydrogens is 338 g/mol. The van der Waals surface area contributed by atoms with Crippen LogP contribution >= 0.6 is 11.6 Å². The van der Waals surface area contributed by atoms with Crippen LogP contribution in [0.1, 0.15) is 0 Å². The molecule has 1 N–H and O–H groups in total. The number of hydrogen-bond donors (Lipinski definition) is 1. The number of nitrogens with one attached hydrogen (secondary N) is 1. The van der Waals surface area contributed by atoms with E-state index in [-0.39, 0.29) is 12.5 Å². The molecule has 0 aliphatic heterocycles. The van der Waals surface area contributed by atoms with Crippen LogP contribution in [0.15, 0.2) is 78.9 Å². The summed E-state index contributed by atoms with van der Waals surface area (Å²) in [6.07, 6.45) is 0. The second kappa shape index (κ2) is 8.22. The van der Waals surface area contributed by atoms with E-state index in [1.807, 2.05) is 42.5 Å². The van der Waals surface area contributed by atoms with Gasteiger partial charge in [-0.25, -0.2) is 0 Å². The highest BCUT2D eigenvalue weighted by atomic mass is 35.5. The Labute approximate surface area is 151 Å². The van der Waals surface area contributed by atoms with E-state index in [9.17, 15) is 4.79 Å². The molecule has 5 heteroatoms. The maximum absolute atomic E-state index is 12.1. The molecule has 3 aromatic rings. The number of anilines is 1. The highest BCUT2D eigenvalue weighted by Gasteiger charge is 2.09. The van der Waals surface area contributed by atoms with Crippen LogP contribution in [0.2, 0.25) is 5.02 Å². The van der Waals surface area contributed by atoms with Crippen molar-refractivity contribution in [3.63, 3.8) is 0 Å². The fourth-order valence-electron chi connectivity index (χ4n) is 2.14. The molecule has 0 aliphatic rings. The van der Waals surface area contributed by atoms with Crippen molar-refractivity contribution >= 4 is 23.2 Å². The van der Waals surface area contributed by atoms with Crippen LogP contribution < -0.4 is 14.8 Å². The van der Waals surface area contributed by atoms with Crippen molar-refractivity contribution in [1.29, 1.82) is 0 Å². The third-order valence-electron chi connectivity index (χ3n) is 3.32. The number of amides is 1. The summed E-state index contributed by atoms with van der Waals surface area (Å²) in [4.78, 5) is 12.1. The van der Waals surface area contributed by atoms with Gasteiger partial charge in [-0.2, -0.15) is 0 Å². The Hall–Kier alpha value is -2.98. The van der Waals surface area contributed by atoms with E-state index in [0.29, 0.717) is 28.0 Å². The van der Waals surface area contributed by atoms with Gasteiger partial charge < -0.3 is 14.8 Å². The van der Waals surface area contributed by atoms with Gasteiger partial charge in [0.15, 0.2) is 12.4 Å². The van der Waals surface area contributed by atoms with Gasteiger partial charge >= 0.3 is 0 Å². The minimum absolute atomic E-state index is 0.110. The van der Waals surface area contributed by atoms with Crippen molar-refractivity contribution in [2.45, 2.75) is 0 Å². The van der Waals surface area contributed by atoms with E-state index in [2.05, 4.69) is 5.32 Å². The van der Waals surface area contributed by atoms with Crippen LogP contribution in [0.3, 0.4) is 0 Å². The van der Waals surface area contributed by atoms with E-state index >= 15 is 0 Å². The summed E-state index contributed by atoms with van der Waals surface area (Å²) in [6.45, 7) is -0.110. The first-order valence-electron chi connectivity index (χ1n) is 7.71. The molecule has 0 aromatic heterocycles. The number of para-hydroxylation sites is 3. The first kappa shape index (κ1) is 16.9. The van der Waals surface area contributed by atoms with Crippen LogP contribution in [0, 0.1) is 0 Å². The molecule has 126 valence electrons. The number of halogens is 1. The molecule has 0 atom stereocenters. The molecular formula is C20H16ClNO3.